The molecule has 0 aliphatic rings. The monoisotopic (exact) mass is 241 g/mol. The molecule has 0 atom stereocenters. The largest absolute Gasteiger partial charge is 0.397 e. The van der Waals surface area contributed by atoms with Gasteiger partial charge in [0.2, 0.25) is 0 Å². The van der Waals surface area contributed by atoms with Crippen LogP contribution in [0.5, 0.6) is 0 Å². The molecule has 0 heterocycles. The maximum atomic E-state index is 5.75. The van der Waals surface area contributed by atoms with Crippen LogP contribution >= 0.6 is 0 Å². The van der Waals surface area contributed by atoms with Crippen molar-refractivity contribution in [1.82, 2.24) is 0 Å². The third-order valence-electron chi connectivity index (χ3n) is 2.90. The molecule has 3 nitrogen and oxygen atoms in total. The van der Waals surface area contributed by atoms with Crippen LogP contribution in [0.2, 0.25) is 0 Å². The van der Waals surface area contributed by atoms with E-state index in [0.717, 1.165) is 25.1 Å². The molecule has 0 bridgehead atoms. The predicted octanol–water partition coefficient (Wildman–Crippen LogP) is 2.90. The Kier molecular flexibility index (Phi) is 4.07. The highest BCUT2D eigenvalue weighted by Gasteiger charge is 1.97. The van der Waals surface area contributed by atoms with Crippen molar-refractivity contribution in [2.75, 3.05) is 23.3 Å². The lowest BCUT2D eigenvalue weighted by Crippen LogP contribution is -2.04. The number of nitrogen functional groups attached to an aromatic ring is 2. The van der Waals surface area contributed by atoms with Crippen LogP contribution in [0.15, 0.2) is 48.5 Å². The van der Waals surface area contributed by atoms with E-state index in [-0.39, 0.29) is 0 Å². The summed E-state index contributed by atoms with van der Waals surface area (Å²) in [6.45, 7) is 0.929. The molecule has 0 amide bonds. The number of benzene rings is 2. The lowest BCUT2D eigenvalue weighted by molar-refractivity contribution is 0.863. The molecule has 2 aromatic rings. The highest BCUT2D eigenvalue weighted by Crippen LogP contribution is 2.19. The lowest BCUT2D eigenvalue weighted by Gasteiger charge is -2.08. The molecular weight excluding hydrogens is 222 g/mol. The van der Waals surface area contributed by atoms with Crippen molar-refractivity contribution in [2.45, 2.75) is 12.8 Å². The fourth-order valence-electron chi connectivity index (χ4n) is 1.85. The van der Waals surface area contributed by atoms with E-state index in [4.69, 9.17) is 11.5 Å². The first-order valence-electron chi connectivity index (χ1n) is 6.18. The molecule has 0 saturated carbocycles. The minimum atomic E-state index is 0.628. The standard InChI is InChI=1S/C15H19N3/c16-14-9-8-13(11-15(14)17)18-10-4-7-12-5-2-1-3-6-12/h1-3,5-6,8-9,11,18H,4,7,10,16-17H2. The highest BCUT2D eigenvalue weighted by atomic mass is 14.9. The maximum absolute atomic E-state index is 5.75. The summed E-state index contributed by atoms with van der Waals surface area (Å²) >= 11 is 0. The number of rotatable bonds is 5. The Balaban J connectivity index is 1.77. The summed E-state index contributed by atoms with van der Waals surface area (Å²) in [5.74, 6) is 0. The van der Waals surface area contributed by atoms with Gasteiger partial charge in [0.25, 0.3) is 0 Å². The molecule has 0 aliphatic heterocycles. The van der Waals surface area contributed by atoms with Crippen LogP contribution in [0.3, 0.4) is 0 Å². The van der Waals surface area contributed by atoms with Gasteiger partial charge in [-0.25, -0.2) is 0 Å². The van der Waals surface area contributed by atoms with Gasteiger partial charge in [-0.15, -0.1) is 0 Å². The first-order valence-corrected chi connectivity index (χ1v) is 6.18. The van der Waals surface area contributed by atoms with Crippen molar-refractivity contribution in [3.05, 3.63) is 54.1 Å². The Bertz CT molecular complexity index is 494. The minimum Gasteiger partial charge on any atom is -0.397 e. The van der Waals surface area contributed by atoms with Gasteiger partial charge in [0.1, 0.15) is 0 Å². The van der Waals surface area contributed by atoms with Crippen LogP contribution in [0.1, 0.15) is 12.0 Å². The molecule has 94 valence electrons. The molecule has 5 N–H and O–H groups in total. The zero-order valence-corrected chi connectivity index (χ0v) is 10.4. The third kappa shape index (κ3) is 3.42. The van der Waals surface area contributed by atoms with Gasteiger partial charge in [0, 0.05) is 12.2 Å². The minimum absolute atomic E-state index is 0.628. The topological polar surface area (TPSA) is 64.1 Å². The number of nitrogens with two attached hydrogens (primary N) is 2. The number of hydrogen-bond acceptors (Lipinski definition) is 3. The van der Waals surface area contributed by atoms with E-state index in [0.29, 0.717) is 11.4 Å². The van der Waals surface area contributed by atoms with Gasteiger partial charge in [-0.2, -0.15) is 0 Å². The summed E-state index contributed by atoms with van der Waals surface area (Å²) in [6, 6.07) is 16.1. The molecule has 0 radical (unpaired) electrons. The Labute approximate surface area is 108 Å². The molecule has 0 aromatic heterocycles. The first-order chi connectivity index (χ1) is 8.75. The van der Waals surface area contributed by atoms with Gasteiger partial charge in [-0.05, 0) is 36.6 Å². The van der Waals surface area contributed by atoms with Crippen molar-refractivity contribution in [3.63, 3.8) is 0 Å². The van der Waals surface area contributed by atoms with Crippen molar-refractivity contribution in [2.24, 2.45) is 0 Å². The quantitative estimate of drug-likeness (QED) is 0.557. The number of hydrogen-bond donors (Lipinski definition) is 3. The maximum Gasteiger partial charge on any atom is 0.0568 e. The Hall–Kier alpha value is -2.16. The summed E-state index contributed by atoms with van der Waals surface area (Å²) in [4.78, 5) is 0. The molecule has 0 fully saturated rings. The van der Waals surface area contributed by atoms with Gasteiger partial charge in [0.15, 0.2) is 0 Å². The van der Waals surface area contributed by atoms with Crippen molar-refractivity contribution in [1.29, 1.82) is 0 Å². The average Bonchev–Trinajstić information content (AvgIpc) is 2.40. The summed E-state index contributed by atoms with van der Waals surface area (Å²) in [5.41, 5.74) is 15.1. The second-order valence-electron chi connectivity index (χ2n) is 4.36. The molecule has 0 unspecified atom stereocenters. The number of nitrogens with one attached hydrogen (secondary N) is 1. The zero-order valence-electron chi connectivity index (χ0n) is 10.4. The van der Waals surface area contributed by atoms with Gasteiger partial charge in [0.05, 0.1) is 11.4 Å². The van der Waals surface area contributed by atoms with Gasteiger partial charge < -0.3 is 16.8 Å². The normalized spacial score (nSPS) is 10.2. The number of aryl methyl sites for hydroxylation is 1. The molecule has 0 aliphatic carbocycles. The smallest absolute Gasteiger partial charge is 0.0568 e. The number of anilines is 3. The molecular formula is C15H19N3. The van der Waals surface area contributed by atoms with E-state index in [1.165, 1.54) is 5.56 Å². The van der Waals surface area contributed by atoms with E-state index in [9.17, 15) is 0 Å². The summed E-state index contributed by atoms with van der Waals surface area (Å²) in [5, 5.41) is 3.35. The van der Waals surface area contributed by atoms with Gasteiger partial charge in [-0.1, -0.05) is 30.3 Å². The predicted molar refractivity (Wildman–Crippen MR) is 78.5 cm³/mol. The lowest BCUT2D eigenvalue weighted by atomic mass is 10.1. The van der Waals surface area contributed by atoms with Crippen LogP contribution in [0.25, 0.3) is 0 Å². The third-order valence-corrected chi connectivity index (χ3v) is 2.90. The zero-order chi connectivity index (χ0) is 12.8. The van der Waals surface area contributed by atoms with E-state index in [1.54, 1.807) is 0 Å². The second kappa shape index (κ2) is 5.96. The van der Waals surface area contributed by atoms with Gasteiger partial charge >= 0.3 is 0 Å². The van der Waals surface area contributed by atoms with Crippen molar-refractivity contribution < 1.29 is 0 Å². The molecule has 0 saturated heterocycles. The van der Waals surface area contributed by atoms with Crippen LogP contribution < -0.4 is 16.8 Å². The molecule has 0 spiro atoms. The molecule has 18 heavy (non-hydrogen) atoms. The van der Waals surface area contributed by atoms with Crippen LogP contribution in [0, 0.1) is 0 Å². The van der Waals surface area contributed by atoms with Crippen molar-refractivity contribution >= 4 is 17.1 Å². The average molecular weight is 241 g/mol. The summed E-state index contributed by atoms with van der Waals surface area (Å²) in [6.07, 6.45) is 2.17. The fourth-order valence-corrected chi connectivity index (χ4v) is 1.85. The first kappa shape index (κ1) is 12.3. The SMILES string of the molecule is Nc1ccc(NCCCc2ccccc2)cc1N. The summed E-state index contributed by atoms with van der Waals surface area (Å²) < 4.78 is 0. The Morgan fingerprint density at radius 2 is 1.67 bits per heavy atom. The van der Waals surface area contributed by atoms with Crippen molar-refractivity contribution in [3.8, 4) is 0 Å². The molecule has 2 rings (SSSR count). The van der Waals surface area contributed by atoms with E-state index < -0.39 is 0 Å². The van der Waals surface area contributed by atoms with Gasteiger partial charge in [-0.3, -0.25) is 0 Å². The van der Waals surface area contributed by atoms with Crippen LogP contribution in [-0.2, 0) is 6.42 Å². The van der Waals surface area contributed by atoms with Crippen LogP contribution in [-0.4, -0.2) is 6.54 Å². The summed E-state index contributed by atoms with van der Waals surface area (Å²) in [7, 11) is 0. The molecule has 2 aromatic carbocycles. The van der Waals surface area contributed by atoms with E-state index in [1.807, 2.05) is 24.3 Å². The van der Waals surface area contributed by atoms with E-state index >= 15 is 0 Å². The van der Waals surface area contributed by atoms with E-state index in [2.05, 4.69) is 29.6 Å². The highest BCUT2D eigenvalue weighted by molar-refractivity contribution is 5.69. The Morgan fingerprint density at radius 3 is 2.39 bits per heavy atom. The van der Waals surface area contributed by atoms with Crippen LogP contribution in [0.4, 0.5) is 17.1 Å². The Morgan fingerprint density at radius 1 is 0.889 bits per heavy atom. The second-order valence-corrected chi connectivity index (χ2v) is 4.36. The molecule has 3 heteroatoms. The fraction of sp³-hybridized carbons (Fsp3) is 0.200.